The average molecular weight is 432 g/mol. The summed E-state index contributed by atoms with van der Waals surface area (Å²) < 4.78 is 7.00. The van der Waals surface area contributed by atoms with E-state index in [0.29, 0.717) is 32.5 Å². The van der Waals surface area contributed by atoms with E-state index in [2.05, 4.69) is 4.98 Å². The number of hydrogen-bond donors (Lipinski definition) is 0. The SMILES string of the molecule is COc1ccc(C)cc1-n1c(SC(C)C(=O)N(C)C)nc2cc(Cl)ccc2c1=O. The maximum absolute atomic E-state index is 13.4. The molecule has 3 aromatic rings. The second kappa shape index (κ2) is 8.47. The number of nitrogens with zero attached hydrogens (tertiary/aromatic N) is 3. The molecular formula is C21H22ClN3O3S. The third-order valence-electron chi connectivity index (χ3n) is 4.45. The first-order valence-electron chi connectivity index (χ1n) is 8.98. The summed E-state index contributed by atoms with van der Waals surface area (Å²) in [4.78, 5) is 32.1. The Balaban J connectivity index is 2.31. The molecular weight excluding hydrogens is 410 g/mol. The van der Waals surface area contributed by atoms with Crippen LogP contribution in [0, 0.1) is 6.92 Å². The minimum atomic E-state index is -0.435. The molecule has 0 aliphatic rings. The van der Waals surface area contributed by atoms with Gasteiger partial charge in [-0.2, -0.15) is 0 Å². The predicted molar refractivity (Wildman–Crippen MR) is 118 cm³/mol. The van der Waals surface area contributed by atoms with Gasteiger partial charge in [-0.3, -0.25) is 14.2 Å². The Hall–Kier alpha value is -2.51. The molecule has 0 radical (unpaired) electrons. The van der Waals surface area contributed by atoms with Gasteiger partial charge in [0.05, 0.1) is 29.0 Å². The largest absolute Gasteiger partial charge is 0.495 e. The lowest BCUT2D eigenvalue weighted by Gasteiger charge is -2.20. The molecule has 1 amide bonds. The molecule has 152 valence electrons. The molecule has 1 unspecified atom stereocenters. The minimum absolute atomic E-state index is 0.0711. The number of carbonyl (C=O) groups is 1. The van der Waals surface area contributed by atoms with E-state index >= 15 is 0 Å². The van der Waals surface area contributed by atoms with Crippen molar-refractivity contribution in [2.45, 2.75) is 24.3 Å². The lowest BCUT2D eigenvalue weighted by molar-refractivity contribution is -0.127. The Morgan fingerprint density at radius 3 is 2.62 bits per heavy atom. The van der Waals surface area contributed by atoms with Gasteiger partial charge >= 0.3 is 0 Å². The molecule has 0 aliphatic heterocycles. The Kier molecular flexibility index (Phi) is 6.19. The highest BCUT2D eigenvalue weighted by Gasteiger charge is 2.22. The Morgan fingerprint density at radius 2 is 1.97 bits per heavy atom. The van der Waals surface area contributed by atoms with Crippen LogP contribution >= 0.6 is 23.4 Å². The summed E-state index contributed by atoms with van der Waals surface area (Å²) in [5, 5.41) is 0.893. The number of aromatic nitrogens is 2. The fourth-order valence-electron chi connectivity index (χ4n) is 2.98. The Morgan fingerprint density at radius 1 is 1.24 bits per heavy atom. The molecule has 0 saturated heterocycles. The molecule has 1 heterocycles. The van der Waals surface area contributed by atoms with Gasteiger partial charge in [0.25, 0.3) is 5.56 Å². The predicted octanol–water partition coefficient (Wildman–Crippen LogP) is 3.92. The maximum Gasteiger partial charge on any atom is 0.266 e. The molecule has 1 atom stereocenters. The molecule has 0 bridgehead atoms. The molecule has 1 aromatic heterocycles. The Labute approximate surface area is 178 Å². The highest BCUT2D eigenvalue weighted by Crippen LogP contribution is 2.30. The fourth-order valence-corrected chi connectivity index (χ4v) is 4.21. The van der Waals surface area contributed by atoms with Crippen LogP contribution < -0.4 is 10.3 Å². The molecule has 2 aromatic carbocycles. The van der Waals surface area contributed by atoms with E-state index in [1.54, 1.807) is 46.3 Å². The van der Waals surface area contributed by atoms with Crippen molar-refractivity contribution < 1.29 is 9.53 Å². The number of methoxy groups -OCH3 is 1. The van der Waals surface area contributed by atoms with Crippen molar-refractivity contribution in [3.8, 4) is 11.4 Å². The van der Waals surface area contributed by atoms with E-state index in [0.717, 1.165) is 5.56 Å². The number of carbonyl (C=O) groups excluding carboxylic acids is 1. The summed E-state index contributed by atoms with van der Waals surface area (Å²) in [5.74, 6) is 0.472. The van der Waals surface area contributed by atoms with E-state index in [-0.39, 0.29) is 11.5 Å². The summed E-state index contributed by atoms with van der Waals surface area (Å²) in [6.45, 7) is 3.73. The van der Waals surface area contributed by atoms with Crippen molar-refractivity contribution in [2.75, 3.05) is 21.2 Å². The number of ether oxygens (including phenoxy) is 1. The van der Waals surface area contributed by atoms with Gasteiger partial charge in [-0.15, -0.1) is 0 Å². The summed E-state index contributed by atoms with van der Waals surface area (Å²) >= 11 is 7.33. The zero-order chi connectivity index (χ0) is 21.3. The van der Waals surface area contributed by atoms with Crippen molar-refractivity contribution in [3.05, 3.63) is 57.3 Å². The number of rotatable bonds is 5. The zero-order valence-corrected chi connectivity index (χ0v) is 18.5. The standard InChI is InChI=1S/C21H22ClN3O3S/c1-12-6-9-18(28-5)17(10-12)25-20(27)15-8-7-14(22)11-16(15)23-21(25)29-13(2)19(26)24(3)4/h6-11,13H,1-5H3. The lowest BCUT2D eigenvalue weighted by Crippen LogP contribution is -2.31. The molecule has 0 fully saturated rings. The van der Waals surface area contributed by atoms with Crippen molar-refractivity contribution in [3.63, 3.8) is 0 Å². The normalized spacial score (nSPS) is 12.1. The Bertz CT molecular complexity index is 1140. The molecule has 0 spiro atoms. The fraction of sp³-hybridized carbons (Fsp3) is 0.286. The summed E-state index contributed by atoms with van der Waals surface area (Å²) in [5.41, 5.74) is 1.78. The number of hydrogen-bond acceptors (Lipinski definition) is 5. The first kappa shape index (κ1) is 21.2. The number of amides is 1. The van der Waals surface area contributed by atoms with Crippen LogP contribution in [0.3, 0.4) is 0 Å². The molecule has 0 N–H and O–H groups in total. The van der Waals surface area contributed by atoms with Crippen LogP contribution in [0.4, 0.5) is 0 Å². The quantitative estimate of drug-likeness (QED) is 0.452. The third-order valence-corrected chi connectivity index (χ3v) is 5.72. The lowest BCUT2D eigenvalue weighted by atomic mass is 10.2. The molecule has 6 nitrogen and oxygen atoms in total. The van der Waals surface area contributed by atoms with Crippen molar-refractivity contribution in [2.24, 2.45) is 0 Å². The van der Waals surface area contributed by atoms with Crippen molar-refractivity contribution in [1.82, 2.24) is 14.5 Å². The summed E-state index contributed by atoms with van der Waals surface area (Å²) in [6.07, 6.45) is 0. The van der Waals surface area contributed by atoms with Crippen LogP contribution in [-0.2, 0) is 4.79 Å². The van der Waals surface area contributed by atoms with Gasteiger partial charge in [-0.1, -0.05) is 29.4 Å². The summed E-state index contributed by atoms with van der Waals surface area (Å²) in [7, 11) is 4.95. The van der Waals surface area contributed by atoms with Crippen LogP contribution in [-0.4, -0.2) is 46.8 Å². The van der Waals surface area contributed by atoms with Crippen LogP contribution in [0.15, 0.2) is 46.3 Å². The first-order valence-corrected chi connectivity index (χ1v) is 10.2. The van der Waals surface area contributed by atoms with E-state index in [4.69, 9.17) is 16.3 Å². The molecule has 0 aliphatic carbocycles. The van der Waals surface area contributed by atoms with Gasteiger partial charge in [0.1, 0.15) is 5.75 Å². The summed E-state index contributed by atoms with van der Waals surface area (Å²) in [6, 6.07) is 10.6. The topological polar surface area (TPSA) is 64.4 Å². The van der Waals surface area contributed by atoms with E-state index in [1.165, 1.54) is 21.2 Å². The van der Waals surface area contributed by atoms with Crippen molar-refractivity contribution in [1.29, 1.82) is 0 Å². The highest BCUT2D eigenvalue weighted by atomic mass is 35.5. The van der Waals surface area contributed by atoms with Gasteiger partial charge in [-0.25, -0.2) is 4.98 Å². The van der Waals surface area contributed by atoms with Crippen molar-refractivity contribution >= 4 is 40.2 Å². The van der Waals surface area contributed by atoms with Gasteiger partial charge in [0, 0.05) is 19.1 Å². The average Bonchev–Trinajstić information content (AvgIpc) is 2.67. The van der Waals surface area contributed by atoms with Gasteiger partial charge in [0.2, 0.25) is 5.91 Å². The number of halogens is 1. The number of aryl methyl sites for hydroxylation is 1. The molecule has 3 rings (SSSR count). The second-order valence-corrected chi connectivity index (χ2v) is 8.61. The van der Waals surface area contributed by atoms with E-state index in [9.17, 15) is 9.59 Å². The number of benzene rings is 2. The van der Waals surface area contributed by atoms with E-state index in [1.807, 2.05) is 25.1 Å². The maximum atomic E-state index is 13.4. The zero-order valence-electron chi connectivity index (χ0n) is 16.9. The van der Waals surface area contributed by atoms with Crippen LogP contribution in [0.1, 0.15) is 12.5 Å². The smallest absolute Gasteiger partial charge is 0.266 e. The minimum Gasteiger partial charge on any atom is -0.495 e. The molecule has 0 saturated carbocycles. The second-order valence-electron chi connectivity index (χ2n) is 6.86. The van der Waals surface area contributed by atoms with Crippen LogP contribution in [0.2, 0.25) is 5.02 Å². The third kappa shape index (κ3) is 4.26. The monoisotopic (exact) mass is 431 g/mol. The van der Waals surface area contributed by atoms with Crippen LogP contribution in [0.25, 0.3) is 16.6 Å². The van der Waals surface area contributed by atoms with Gasteiger partial charge in [0.15, 0.2) is 5.16 Å². The first-order chi connectivity index (χ1) is 13.7. The van der Waals surface area contributed by atoms with Crippen LogP contribution in [0.5, 0.6) is 5.75 Å². The highest BCUT2D eigenvalue weighted by molar-refractivity contribution is 8.00. The number of thioether (sulfide) groups is 1. The number of fused-ring (bicyclic) bond motifs is 1. The molecule has 8 heteroatoms. The van der Waals surface area contributed by atoms with E-state index < -0.39 is 5.25 Å². The van der Waals surface area contributed by atoms with Gasteiger partial charge in [-0.05, 0) is 49.7 Å². The molecule has 29 heavy (non-hydrogen) atoms. The van der Waals surface area contributed by atoms with Gasteiger partial charge < -0.3 is 9.64 Å².